The fourth-order valence-electron chi connectivity index (χ4n) is 9.08. The van der Waals surface area contributed by atoms with Crippen molar-refractivity contribution in [3.63, 3.8) is 0 Å². The quantitative estimate of drug-likeness (QED) is 0.253. The Morgan fingerprint density at radius 1 is 0.872 bits per heavy atom. The number of aliphatic hydroxyl groups excluding tert-OH is 1. The van der Waals surface area contributed by atoms with Gasteiger partial charge in [-0.1, -0.05) is 74.0 Å². The van der Waals surface area contributed by atoms with Crippen LogP contribution in [0.15, 0.2) is 11.6 Å². The summed E-state index contributed by atoms with van der Waals surface area (Å²) in [5.74, 6) is 3.07. The molecule has 3 nitrogen and oxygen atoms in total. The first-order valence-corrected chi connectivity index (χ1v) is 22.2. The molecule has 0 aromatic carbocycles. The van der Waals surface area contributed by atoms with E-state index in [9.17, 15) is 5.11 Å². The zero-order valence-corrected chi connectivity index (χ0v) is 30.0. The first-order valence-electron chi connectivity index (χ1n) is 16.3. The monoisotopic (exact) mass is 576 g/mol. The molecule has 5 heteroatoms. The molecule has 0 aromatic rings. The molecule has 3 saturated carbocycles. The van der Waals surface area contributed by atoms with E-state index in [0.29, 0.717) is 29.5 Å². The van der Waals surface area contributed by atoms with E-state index in [4.69, 9.17) is 8.85 Å². The van der Waals surface area contributed by atoms with Crippen LogP contribution in [0.1, 0.15) is 107 Å². The van der Waals surface area contributed by atoms with Crippen molar-refractivity contribution in [3.05, 3.63) is 11.6 Å². The highest BCUT2D eigenvalue weighted by Gasteiger charge is 2.62. The van der Waals surface area contributed by atoms with Gasteiger partial charge in [0, 0.05) is 24.7 Å². The highest BCUT2D eigenvalue weighted by molar-refractivity contribution is 6.74. The maximum atomic E-state index is 10.1. The molecule has 0 unspecified atom stereocenters. The van der Waals surface area contributed by atoms with E-state index in [1.54, 1.807) is 5.57 Å². The van der Waals surface area contributed by atoms with Crippen molar-refractivity contribution >= 4 is 16.6 Å². The average Bonchev–Trinajstić information content (AvgIpc) is 3.15. The summed E-state index contributed by atoms with van der Waals surface area (Å²) in [6.07, 6.45) is 12.0. The maximum absolute atomic E-state index is 10.1. The van der Waals surface area contributed by atoms with Crippen LogP contribution in [-0.2, 0) is 8.85 Å². The minimum atomic E-state index is -1.92. The Bertz CT molecular complexity index is 928. The third-order valence-corrected chi connectivity index (χ3v) is 22.6. The van der Waals surface area contributed by atoms with E-state index < -0.39 is 16.6 Å². The number of fused-ring (bicyclic) bond motifs is 5. The van der Waals surface area contributed by atoms with Crippen molar-refractivity contribution in [3.8, 4) is 0 Å². The molecule has 226 valence electrons. The van der Waals surface area contributed by atoms with Crippen molar-refractivity contribution < 1.29 is 14.0 Å². The van der Waals surface area contributed by atoms with Gasteiger partial charge < -0.3 is 14.0 Å². The molecule has 0 aromatic heterocycles. The summed E-state index contributed by atoms with van der Waals surface area (Å²) in [5, 5.41) is 10.5. The third-order valence-electron chi connectivity index (χ3n) is 13.6. The molecule has 3 fully saturated rings. The summed E-state index contributed by atoms with van der Waals surface area (Å²) in [5.41, 5.74) is 2.13. The summed E-state index contributed by atoms with van der Waals surface area (Å²) in [4.78, 5) is 0. The Hall–Kier alpha value is 0.0538. The highest BCUT2D eigenvalue weighted by Crippen LogP contribution is 2.68. The Morgan fingerprint density at radius 2 is 1.46 bits per heavy atom. The van der Waals surface area contributed by atoms with Crippen molar-refractivity contribution in [1.82, 2.24) is 0 Å². The highest BCUT2D eigenvalue weighted by atomic mass is 28.4. The first-order chi connectivity index (χ1) is 17.7. The van der Waals surface area contributed by atoms with Gasteiger partial charge in [-0.05, 0) is 116 Å². The molecule has 0 saturated heterocycles. The number of aliphatic hydroxyl groups is 1. The van der Waals surface area contributed by atoms with Crippen LogP contribution < -0.4 is 0 Å². The van der Waals surface area contributed by atoms with Crippen molar-refractivity contribution in [2.24, 2.45) is 40.4 Å². The van der Waals surface area contributed by atoms with Gasteiger partial charge in [-0.25, -0.2) is 0 Å². The van der Waals surface area contributed by atoms with Crippen LogP contribution in [-0.4, -0.2) is 40.6 Å². The second-order valence-corrected chi connectivity index (χ2v) is 27.4. The number of hydrogen-bond acceptors (Lipinski definition) is 3. The summed E-state index contributed by atoms with van der Waals surface area (Å²) in [6, 6.07) is 0. The average molecular weight is 577 g/mol. The lowest BCUT2D eigenvalue weighted by Crippen LogP contribution is -2.61. The third kappa shape index (κ3) is 5.47. The SMILES string of the molecule is C[C@H](CO)C1=CC[C@H]2[C@@H]3C[C@H](O[Si](C)(C)C(C)(C)C)[C@H]4C[C@@H](O[Si](C)(C)C(C)(C)C)CC[C@]4(C)[C@H]3CC[C@]12C. The molecule has 1 N–H and O–H groups in total. The molecule has 0 heterocycles. The van der Waals surface area contributed by atoms with Gasteiger partial charge in [0.25, 0.3) is 0 Å². The number of allylic oxidation sites excluding steroid dienone is 1. The van der Waals surface area contributed by atoms with Crippen molar-refractivity contribution in [2.75, 3.05) is 6.61 Å². The topological polar surface area (TPSA) is 38.7 Å². The van der Waals surface area contributed by atoms with Crippen molar-refractivity contribution in [2.45, 2.75) is 156 Å². The zero-order chi connectivity index (χ0) is 29.4. The Kier molecular flexibility index (Phi) is 8.49. The minimum Gasteiger partial charge on any atom is -0.414 e. The summed E-state index contributed by atoms with van der Waals surface area (Å²) >= 11 is 0. The smallest absolute Gasteiger partial charge is 0.192 e. The van der Waals surface area contributed by atoms with E-state index in [0.717, 1.165) is 11.8 Å². The molecule has 4 aliphatic carbocycles. The van der Waals surface area contributed by atoms with Crippen LogP contribution in [0.3, 0.4) is 0 Å². The van der Waals surface area contributed by atoms with Crippen LogP contribution >= 0.6 is 0 Å². The van der Waals surface area contributed by atoms with E-state index >= 15 is 0 Å². The fraction of sp³-hybridized carbons (Fsp3) is 0.941. The largest absolute Gasteiger partial charge is 0.414 e. The molecule has 0 radical (unpaired) electrons. The summed E-state index contributed by atoms with van der Waals surface area (Å²) in [6.45, 7) is 31.8. The molecule has 9 atom stereocenters. The molecule has 4 rings (SSSR count). The molecule has 39 heavy (non-hydrogen) atoms. The molecule has 4 aliphatic rings. The standard InChI is InChI=1S/C34H64O3Si2/c1-23(22-35)26-14-15-27-25-21-30(37-39(12,13)32(5,6)7)29-20-24(36-38(10,11)31(2,3)4)16-18-34(29,9)28(25)17-19-33(26,27)8/h14,23-25,27-30,35H,15-22H2,1-13H3/t23-,24+,25+,27+,28+,29-,30+,33-,34-/m1/s1. The molecular formula is C34H64O3Si2. The Balaban J connectivity index is 1.67. The van der Waals surface area contributed by atoms with E-state index in [2.05, 4.69) is 94.6 Å². The van der Waals surface area contributed by atoms with Gasteiger partial charge >= 0.3 is 0 Å². The van der Waals surface area contributed by atoms with Gasteiger partial charge in [-0.15, -0.1) is 0 Å². The lowest BCUT2D eigenvalue weighted by molar-refractivity contribution is -0.160. The van der Waals surface area contributed by atoms with Crippen LogP contribution in [0.5, 0.6) is 0 Å². The van der Waals surface area contributed by atoms with Crippen molar-refractivity contribution in [1.29, 1.82) is 0 Å². The first kappa shape index (κ1) is 32.0. The van der Waals surface area contributed by atoms with Crippen LogP contribution in [0.2, 0.25) is 36.3 Å². The van der Waals surface area contributed by atoms with Gasteiger partial charge in [0.05, 0.1) is 0 Å². The second-order valence-electron chi connectivity index (χ2n) is 17.9. The fourth-order valence-corrected chi connectivity index (χ4v) is 11.9. The Morgan fingerprint density at radius 3 is 2.03 bits per heavy atom. The lowest BCUT2D eigenvalue weighted by atomic mass is 9.44. The van der Waals surface area contributed by atoms with E-state index in [-0.39, 0.29) is 28.0 Å². The van der Waals surface area contributed by atoms with Crippen LogP contribution in [0.4, 0.5) is 0 Å². The molecule has 0 spiro atoms. The lowest BCUT2D eigenvalue weighted by Gasteiger charge is -2.64. The normalized spacial score (nSPS) is 40.4. The van der Waals surface area contributed by atoms with Gasteiger partial charge in [-0.3, -0.25) is 0 Å². The molecule has 0 amide bonds. The van der Waals surface area contributed by atoms with Gasteiger partial charge in [0.1, 0.15) is 0 Å². The molecular weight excluding hydrogens is 513 g/mol. The van der Waals surface area contributed by atoms with Crippen LogP contribution in [0.25, 0.3) is 0 Å². The maximum Gasteiger partial charge on any atom is 0.192 e. The predicted molar refractivity (Wildman–Crippen MR) is 171 cm³/mol. The van der Waals surface area contributed by atoms with E-state index in [1.807, 2.05) is 0 Å². The van der Waals surface area contributed by atoms with Gasteiger partial charge in [0.2, 0.25) is 0 Å². The second kappa shape index (κ2) is 10.3. The Labute approximate surface area is 244 Å². The zero-order valence-electron chi connectivity index (χ0n) is 28.0. The summed E-state index contributed by atoms with van der Waals surface area (Å²) in [7, 11) is -3.74. The van der Waals surface area contributed by atoms with Gasteiger partial charge in [0.15, 0.2) is 16.6 Å². The number of rotatable bonds is 6. The predicted octanol–water partition coefficient (Wildman–Crippen LogP) is 9.58. The molecule has 0 bridgehead atoms. The van der Waals surface area contributed by atoms with Gasteiger partial charge in [-0.2, -0.15) is 0 Å². The molecule has 0 aliphatic heterocycles. The number of hydrogen-bond donors (Lipinski definition) is 1. The van der Waals surface area contributed by atoms with E-state index in [1.165, 1.54) is 44.9 Å². The summed E-state index contributed by atoms with van der Waals surface area (Å²) < 4.78 is 14.6. The van der Waals surface area contributed by atoms with Crippen LogP contribution in [0, 0.1) is 40.4 Å². The minimum absolute atomic E-state index is 0.214.